The summed E-state index contributed by atoms with van der Waals surface area (Å²) in [7, 11) is 1.70. The minimum atomic E-state index is 0.574. The molecule has 0 radical (unpaired) electrons. The minimum absolute atomic E-state index is 0.574. The molecule has 1 aliphatic rings. The lowest BCUT2D eigenvalue weighted by Crippen LogP contribution is -2.40. The van der Waals surface area contributed by atoms with E-state index in [4.69, 9.17) is 14.5 Å². The number of aliphatic imine (C=N–C) groups is 1. The number of nitrogens with zero attached hydrogens (tertiary/aromatic N) is 4. The predicted octanol–water partition coefficient (Wildman–Crippen LogP) is 1.84. The number of ether oxygens (including phenoxy) is 2. The highest BCUT2D eigenvalue weighted by Crippen LogP contribution is 2.16. The number of rotatable bonds is 10. The van der Waals surface area contributed by atoms with Crippen LogP contribution in [0.15, 0.2) is 11.1 Å². The van der Waals surface area contributed by atoms with Gasteiger partial charge in [0.25, 0.3) is 0 Å². The van der Waals surface area contributed by atoms with Gasteiger partial charge in [-0.05, 0) is 39.7 Å². The molecule has 1 fully saturated rings. The first-order valence-electron chi connectivity index (χ1n) is 9.75. The molecule has 0 spiro atoms. The van der Waals surface area contributed by atoms with Crippen LogP contribution in [0.2, 0.25) is 0 Å². The number of guanidine groups is 1. The van der Waals surface area contributed by atoms with Crippen molar-refractivity contribution < 1.29 is 9.47 Å². The van der Waals surface area contributed by atoms with E-state index in [1.165, 1.54) is 5.69 Å². The predicted molar refractivity (Wildman–Crippen MR) is 105 cm³/mol. The molecule has 1 unspecified atom stereocenters. The van der Waals surface area contributed by atoms with E-state index in [0.29, 0.717) is 19.1 Å². The first kappa shape index (κ1) is 20.7. The summed E-state index contributed by atoms with van der Waals surface area (Å²) < 4.78 is 12.8. The molecule has 2 heterocycles. The lowest BCUT2D eigenvalue weighted by atomic mass is 10.1. The third-order valence-electron chi connectivity index (χ3n) is 4.60. The first-order valence-corrected chi connectivity index (χ1v) is 9.75. The molecular formula is C19H35N5O2. The summed E-state index contributed by atoms with van der Waals surface area (Å²) in [6, 6.07) is 2.12. The van der Waals surface area contributed by atoms with Gasteiger partial charge in [-0.15, -0.1) is 0 Å². The molecule has 1 aromatic rings. The summed E-state index contributed by atoms with van der Waals surface area (Å²) in [4.78, 5) is 7.18. The van der Waals surface area contributed by atoms with Crippen LogP contribution in [0.4, 0.5) is 0 Å². The fourth-order valence-corrected chi connectivity index (χ4v) is 3.29. The van der Waals surface area contributed by atoms with E-state index in [9.17, 15) is 0 Å². The van der Waals surface area contributed by atoms with Gasteiger partial charge in [-0.1, -0.05) is 0 Å². The Morgan fingerprint density at radius 2 is 2.23 bits per heavy atom. The number of aromatic nitrogens is 2. The summed E-state index contributed by atoms with van der Waals surface area (Å²) in [5.41, 5.74) is 2.30. The molecule has 0 saturated carbocycles. The van der Waals surface area contributed by atoms with Gasteiger partial charge >= 0.3 is 0 Å². The van der Waals surface area contributed by atoms with Crippen molar-refractivity contribution in [2.45, 2.75) is 40.2 Å². The van der Waals surface area contributed by atoms with Gasteiger partial charge in [0.15, 0.2) is 5.96 Å². The van der Waals surface area contributed by atoms with E-state index in [1.807, 2.05) is 6.92 Å². The average Bonchev–Trinajstić information content (AvgIpc) is 3.21. The number of hydrogen-bond donors (Lipinski definition) is 1. The van der Waals surface area contributed by atoms with Crippen molar-refractivity contribution in [3.05, 3.63) is 17.5 Å². The minimum Gasteiger partial charge on any atom is -0.382 e. The Morgan fingerprint density at radius 1 is 1.38 bits per heavy atom. The van der Waals surface area contributed by atoms with Gasteiger partial charge < -0.3 is 19.7 Å². The van der Waals surface area contributed by atoms with Gasteiger partial charge in [0.1, 0.15) is 0 Å². The largest absolute Gasteiger partial charge is 0.382 e. The van der Waals surface area contributed by atoms with E-state index >= 15 is 0 Å². The SMILES string of the molecule is CCNC(=NCCCn1nc(C)cc1C)N1CCC(COCCOC)C1. The molecule has 1 saturated heterocycles. The smallest absolute Gasteiger partial charge is 0.193 e. The van der Waals surface area contributed by atoms with Gasteiger partial charge in [-0.25, -0.2) is 0 Å². The van der Waals surface area contributed by atoms with Crippen molar-refractivity contribution in [1.29, 1.82) is 0 Å². The van der Waals surface area contributed by atoms with E-state index in [-0.39, 0.29) is 0 Å². The van der Waals surface area contributed by atoms with Crippen molar-refractivity contribution in [1.82, 2.24) is 20.0 Å². The topological polar surface area (TPSA) is 63.9 Å². The Morgan fingerprint density at radius 3 is 2.92 bits per heavy atom. The van der Waals surface area contributed by atoms with E-state index in [1.54, 1.807) is 7.11 Å². The van der Waals surface area contributed by atoms with Gasteiger partial charge in [0.05, 0.1) is 25.5 Å². The second-order valence-corrected chi connectivity index (χ2v) is 6.91. The second-order valence-electron chi connectivity index (χ2n) is 6.91. The number of hydrogen-bond acceptors (Lipinski definition) is 4. The summed E-state index contributed by atoms with van der Waals surface area (Å²) in [5.74, 6) is 1.60. The zero-order valence-corrected chi connectivity index (χ0v) is 16.8. The maximum atomic E-state index is 5.69. The normalized spacial score (nSPS) is 17.9. The van der Waals surface area contributed by atoms with Crippen molar-refractivity contribution in [2.75, 3.05) is 53.1 Å². The van der Waals surface area contributed by atoms with Crippen LogP contribution < -0.4 is 5.32 Å². The molecule has 26 heavy (non-hydrogen) atoms. The van der Waals surface area contributed by atoms with Crippen molar-refractivity contribution in [3.8, 4) is 0 Å². The standard InChI is InChI=1S/C19H35N5O2/c1-5-20-19(21-8-6-9-24-17(3)13-16(2)22-24)23-10-7-18(14-23)15-26-12-11-25-4/h13,18H,5-12,14-15H2,1-4H3,(H,20,21). The monoisotopic (exact) mass is 365 g/mol. The zero-order chi connectivity index (χ0) is 18.8. The Labute approximate surface area is 157 Å². The highest BCUT2D eigenvalue weighted by Gasteiger charge is 2.24. The highest BCUT2D eigenvalue weighted by molar-refractivity contribution is 5.80. The van der Waals surface area contributed by atoms with E-state index in [0.717, 1.165) is 63.8 Å². The van der Waals surface area contributed by atoms with Crippen molar-refractivity contribution in [3.63, 3.8) is 0 Å². The summed E-state index contributed by atoms with van der Waals surface area (Å²) in [6.45, 7) is 13.1. The molecule has 1 atom stereocenters. The summed E-state index contributed by atoms with van der Waals surface area (Å²) in [5, 5.41) is 7.94. The van der Waals surface area contributed by atoms with Crippen LogP contribution in [-0.2, 0) is 16.0 Å². The van der Waals surface area contributed by atoms with Crippen molar-refractivity contribution in [2.24, 2.45) is 10.9 Å². The number of likely N-dealkylation sites (tertiary alicyclic amines) is 1. The van der Waals surface area contributed by atoms with Gasteiger partial charge in [-0.2, -0.15) is 5.10 Å². The number of methoxy groups -OCH3 is 1. The Hall–Kier alpha value is -1.60. The molecule has 2 rings (SSSR count). The third kappa shape index (κ3) is 6.61. The van der Waals surface area contributed by atoms with Crippen LogP contribution in [0, 0.1) is 19.8 Å². The van der Waals surface area contributed by atoms with Crippen LogP contribution in [0.1, 0.15) is 31.2 Å². The summed E-state index contributed by atoms with van der Waals surface area (Å²) in [6.07, 6.45) is 2.15. The molecule has 7 heteroatoms. The molecule has 1 N–H and O–H groups in total. The molecule has 0 aromatic carbocycles. The van der Waals surface area contributed by atoms with Crippen LogP contribution in [0.3, 0.4) is 0 Å². The lowest BCUT2D eigenvalue weighted by Gasteiger charge is -2.21. The molecule has 0 aliphatic carbocycles. The maximum absolute atomic E-state index is 5.69. The Balaban J connectivity index is 1.76. The Kier molecular flexibility index (Phi) is 8.91. The van der Waals surface area contributed by atoms with Crippen LogP contribution in [-0.4, -0.2) is 73.7 Å². The fraction of sp³-hybridized carbons (Fsp3) is 0.789. The van der Waals surface area contributed by atoms with Gasteiger partial charge in [0.2, 0.25) is 0 Å². The van der Waals surface area contributed by atoms with Gasteiger partial charge in [-0.3, -0.25) is 9.67 Å². The quantitative estimate of drug-likeness (QED) is 0.389. The highest BCUT2D eigenvalue weighted by atomic mass is 16.5. The zero-order valence-electron chi connectivity index (χ0n) is 16.8. The molecule has 1 aliphatic heterocycles. The number of nitrogens with one attached hydrogen (secondary N) is 1. The van der Waals surface area contributed by atoms with Gasteiger partial charge in [0, 0.05) is 51.4 Å². The van der Waals surface area contributed by atoms with Crippen LogP contribution in [0.25, 0.3) is 0 Å². The van der Waals surface area contributed by atoms with E-state index < -0.39 is 0 Å². The fourth-order valence-electron chi connectivity index (χ4n) is 3.29. The molecule has 0 amide bonds. The first-order chi connectivity index (χ1) is 12.6. The molecular weight excluding hydrogens is 330 g/mol. The second kappa shape index (κ2) is 11.2. The average molecular weight is 366 g/mol. The molecule has 7 nitrogen and oxygen atoms in total. The van der Waals surface area contributed by atoms with Crippen LogP contribution in [0.5, 0.6) is 0 Å². The van der Waals surface area contributed by atoms with Crippen LogP contribution >= 0.6 is 0 Å². The summed E-state index contributed by atoms with van der Waals surface area (Å²) >= 11 is 0. The number of aryl methyl sites for hydroxylation is 3. The van der Waals surface area contributed by atoms with E-state index in [2.05, 4.69) is 39.9 Å². The molecule has 148 valence electrons. The maximum Gasteiger partial charge on any atom is 0.193 e. The molecule has 0 bridgehead atoms. The third-order valence-corrected chi connectivity index (χ3v) is 4.60. The van der Waals surface area contributed by atoms with Crippen molar-refractivity contribution >= 4 is 5.96 Å². The lowest BCUT2D eigenvalue weighted by molar-refractivity contribution is 0.0536. The molecule has 1 aromatic heterocycles. The Bertz CT molecular complexity index is 558.